The maximum atomic E-state index is 13.7. The second-order valence-corrected chi connectivity index (χ2v) is 8.51. The molecule has 1 aliphatic heterocycles. The van der Waals surface area contributed by atoms with Crippen LogP contribution in [0.2, 0.25) is 0 Å². The number of anilines is 2. The Morgan fingerprint density at radius 1 is 1.25 bits per heavy atom. The van der Waals surface area contributed by atoms with Crippen LogP contribution in [-0.4, -0.2) is 39.5 Å². The van der Waals surface area contributed by atoms with Crippen LogP contribution in [0.25, 0.3) is 5.65 Å². The summed E-state index contributed by atoms with van der Waals surface area (Å²) >= 11 is 0. The molecule has 0 spiro atoms. The van der Waals surface area contributed by atoms with E-state index in [0.29, 0.717) is 0 Å². The third-order valence-corrected chi connectivity index (χ3v) is 6.11. The minimum absolute atomic E-state index is 0.0505. The summed E-state index contributed by atoms with van der Waals surface area (Å²) in [5, 5.41) is 22.1. The lowest BCUT2D eigenvalue weighted by Crippen LogP contribution is -2.41. The Morgan fingerprint density at radius 3 is 2.53 bits per heavy atom. The fourth-order valence-electron chi connectivity index (χ4n) is 4.19. The van der Waals surface area contributed by atoms with Gasteiger partial charge < -0.3 is 15.3 Å². The van der Waals surface area contributed by atoms with Crippen molar-refractivity contribution in [2.45, 2.75) is 38.2 Å². The lowest BCUT2D eigenvalue weighted by molar-refractivity contribution is -0.0221. The Kier molecular flexibility index (Phi) is 6.58. The van der Waals surface area contributed by atoms with Gasteiger partial charge >= 0.3 is 5.97 Å². The molecule has 1 saturated heterocycles. The lowest BCUT2D eigenvalue weighted by atomic mass is 10.0. The number of alkyl halides is 4. The van der Waals surface area contributed by atoms with Gasteiger partial charge in [-0.15, -0.1) is 0 Å². The normalized spacial score (nSPS) is 16.1. The van der Waals surface area contributed by atoms with Crippen molar-refractivity contribution in [3.05, 3.63) is 69.1 Å². The summed E-state index contributed by atoms with van der Waals surface area (Å²) in [4.78, 5) is 30.6. The van der Waals surface area contributed by atoms with Crippen LogP contribution in [0.1, 0.15) is 59.3 Å². The third-order valence-electron chi connectivity index (χ3n) is 6.11. The molecule has 1 fully saturated rings. The number of nitrogens with one attached hydrogen (secondary N) is 1. The number of carboxylic acid groups (broad SMARTS) is 1. The molecule has 0 radical (unpaired) electrons. The molecule has 12 heteroatoms. The fourth-order valence-corrected chi connectivity index (χ4v) is 4.19. The molecule has 36 heavy (non-hydrogen) atoms. The van der Waals surface area contributed by atoms with Crippen LogP contribution in [0.15, 0.2) is 41.3 Å². The number of aromatic carboxylic acids is 1. The number of carboxylic acids is 1. The van der Waals surface area contributed by atoms with Crippen molar-refractivity contribution >= 4 is 23.1 Å². The number of benzene rings is 1. The molecule has 0 bridgehead atoms. The second kappa shape index (κ2) is 9.49. The first-order chi connectivity index (χ1) is 17.0. The van der Waals surface area contributed by atoms with Crippen LogP contribution in [0.4, 0.5) is 29.1 Å². The summed E-state index contributed by atoms with van der Waals surface area (Å²) in [6.45, 7) is 1.29. The summed E-state index contributed by atoms with van der Waals surface area (Å²) < 4.78 is 55.7. The summed E-state index contributed by atoms with van der Waals surface area (Å²) in [5.41, 5.74) is -1.60. The monoisotopic (exact) mass is 503 g/mol. The standard InChI is InChI=1S/C24H21F4N5O3/c1-13(30-18-5-3-2-4-15(18)23(35)36)16-10-14(19(25)26)12-33-21(16)31-20(17(11-29)22(33)34)32-8-6-24(27,28)7-9-32/h2-5,10,12-13,19,30H,6-9H2,1H3,(H,35,36)/t13-/m0/s1. The van der Waals surface area contributed by atoms with E-state index in [9.17, 15) is 37.5 Å². The number of hydrogen-bond donors (Lipinski definition) is 2. The number of pyridine rings is 1. The Bertz CT molecular complexity index is 1420. The van der Waals surface area contributed by atoms with Crippen molar-refractivity contribution in [1.82, 2.24) is 9.38 Å². The maximum absolute atomic E-state index is 13.7. The lowest BCUT2D eigenvalue weighted by Gasteiger charge is -2.33. The van der Waals surface area contributed by atoms with Crippen LogP contribution in [0.5, 0.6) is 0 Å². The van der Waals surface area contributed by atoms with E-state index in [1.54, 1.807) is 19.1 Å². The molecule has 2 N–H and O–H groups in total. The summed E-state index contributed by atoms with van der Waals surface area (Å²) in [6.07, 6.45) is -3.03. The van der Waals surface area contributed by atoms with Gasteiger partial charge in [0.1, 0.15) is 11.7 Å². The molecule has 4 rings (SSSR count). The zero-order chi connectivity index (χ0) is 26.2. The molecule has 3 aromatic rings. The first-order valence-corrected chi connectivity index (χ1v) is 11.0. The molecule has 188 valence electrons. The van der Waals surface area contributed by atoms with Gasteiger partial charge in [0.05, 0.1) is 11.6 Å². The summed E-state index contributed by atoms with van der Waals surface area (Å²) in [6, 6.07) is 8.09. The fraction of sp³-hybridized carbons (Fsp3) is 0.333. The van der Waals surface area contributed by atoms with Gasteiger partial charge in [-0.05, 0) is 25.1 Å². The van der Waals surface area contributed by atoms with Crippen molar-refractivity contribution < 1.29 is 27.5 Å². The van der Waals surface area contributed by atoms with Crippen LogP contribution in [0, 0.1) is 11.3 Å². The van der Waals surface area contributed by atoms with Gasteiger partial charge in [0, 0.05) is 48.9 Å². The van der Waals surface area contributed by atoms with E-state index in [-0.39, 0.29) is 41.4 Å². The Labute approximate surface area is 202 Å². The number of nitriles is 1. The molecule has 0 unspecified atom stereocenters. The van der Waals surface area contributed by atoms with Gasteiger partial charge in [0.15, 0.2) is 11.4 Å². The van der Waals surface area contributed by atoms with E-state index in [1.165, 1.54) is 23.1 Å². The highest BCUT2D eigenvalue weighted by molar-refractivity contribution is 5.94. The smallest absolute Gasteiger partial charge is 0.337 e. The second-order valence-electron chi connectivity index (χ2n) is 8.51. The van der Waals surface area contributed by atoms with Crippen LogP contribution in [-0.2, 0) is 0 Å². The minimum Gasteiger partial charge on any atom is -0.478 e. The molecular formula is C24H21F4N5O3. The number of halogens is 4. The van der Waals surface area contributed by atoms with Crippen molar-refractivity contribution in [3.63, 3.8) is 0 Å². The van der Waals surface area contributed by atoms with Crippen LogP contribution < -0.4 is 15.8 Å². The number of hydrogen-bond acceptors (Lipinski definition) is 6. The molecule has 0 saturated carbocycles. The van der Waals surface area contributed by atoms with E-state index in [1.807, 2.05) is 0 Å². The topological polar surface area (TPSA) is 111 Å². The number of rotatable bonds is 6. The molecule has 0 amide bonds. The molecule has 2 aromatic heterocycles. The Morgan fingerprint density at radius 2 is 1.92 bits per heavy atom. The van der Waals surface area contributed by atoms with Crippen molar-refractivity contribution in [2.24, 2.45) is 0 Å². The third kappa shape index (κ3) is 4.68. The number of para-hydroxylation sites is 1. The predicted molar refractivity (Wildman–Crippen MR) is 123 cm³/mol. The highest BCUT2D eigenvalue weighted by atomic mass is 19.3. The van der Waals surface area contributed by atoms with Crippen molar-refractivity contribution in [3.8, 4) is 6.07 Å². The highest BCUT2D eigenvalue weighted by Crippen LogP contribution is 2.33. The number of nitrogens with zero attached hydrogens (tertiary/aromatic N) is 4. The zero-order valence-electron chi connectivity index (χ0n) is 19.0. The van der Waals surface area contributed by atoms with E-state index in [0.717, 1.165) is 16.7 Å². The maximum Gasteiger partial charge on any atom is 0.337 e. The number of piperidine rings is 1. The zero-order valence-corrected chi connectivity index (χ0v) is 19.0. The van der Waals surface area contributed by atoms with Gasteiger partial charge in [-0.25, -0.2) is 27.3 Å². The molecule has 8 nitrogen and oxygen atoms in total. The molecule has 1 atom stereocenters. The van der Waals surface area contributed by atoms with Crippen LogP contribution in [0.3, 0.4) is 0 Å². The minimum atomic E-state index is -2.95. The summed E-state index contributed by atoms with van der Waals surface area (Å²) in [7, 11) is 0. The van der Waals surface area contributed by atoms with E-state index < -0.39 is 53.9 Å². The highest BCUT2D eigenvalue weighted by Gasteiger charge is 2.36. The van der Waals surface area contributed by atoms with Crippen LogP contribution >= 0.6 is 0 Å². The number of carbonyl (C=O) groups is 1. The summed E-state index contributed by atoms with van der Waals surface area (Å²) in [5.74, 6) is -4.17. The van der Waals surface area contributed by atoms with Gasteiger partial charge in [-0.2, -0.15) is 5.26 Å². The van der Waals surface area contributed by atoms with Gasteiger partial charge in [-0.1, -0.05) is 12.1 Å². The molecule has 0 aliphatic carbocycles. The number of aromatic nitrogens is 2. The SMILES string of the molecule is C[C@H](Nc1ccccc1C(=O)O)c1cc(C(F)F)cn2c(=O)c(C#N)c(N3CCC(F)(F)CC3)nc12. The van der Waals surface area contributed by atoms with Crippen molar-refractivity contribution in [1.29, 1.82) is 5.26 Å². The molecule has 1 aliphatic rings. The molecular weight excluding hydrogens is 482 g/mol. The largest absolute Gasteiger partial charge is 0.478 e. The van der Waals surface area contributed by atoms with Gasteiger partial charge in [0.2, 0.25) is 0 Å². The molecule has 3 heterocycles. The average molecular weight is 503 g/mol. The first-order valence-electron chi connectivity index (χ1n) is 11.0. The first kappa shape index (κ1) is 25.0. The van der Waals surface area contributed by atoms with Gasteiger partial charge in [0.25, 0.3) is 17.9 Å². The van der Waals surface area contributed by atoms with E-state index >= 15 is 0 Å². The van der Waals surface area contributed by atoms with E-state index in [2.05, 4.69) is 10.3 Å². The van der Waals surface area contributed by atoms with E-state index in [4.69, 9.17) is 0 Å². The van der Waals surface area contributed by atoms with Gasteiger partial charge in [-0.3, -0.25) is 9.20 Å². The average Bonchev–Trinajstić information content (AvgIpc) is 2.83. The Hall–Kier alpha value is -4.14. The Balaban J connectivity index is 1.89. The predicted octanol–water partition coefficient (Wildman–Crippen LogP) is 4.61. The quantitative estimate of drug-likeness (QED) is 0.473. The van der Waals surface area contributed by atoms with Crippen molar-refractivity contribution in [2.75, 3.05) is 23.3 Å². The molecule has 1 aromatic carbocycles. The number of fused-ring (bicyclic) bond motifs is 1.